The fraction of sp³-hybridized carbons (Fsp3) is 0.931. The summed E-state index contributed by atoms with van der Waals surface area (Å²) in [4.78, 5) is 0. The van der Waals surface area contributed by atoms with Crippen LogP contribution in [-0.4, -0.2) is 11.2 Å². The number of aliphatic hydroxyl groups is 1. The van der Waals surface area contributed by atoms with Gasteiger partial charge in [0.25, 0.3) is 0 Å². The highest BCUT2D eigenvalue weighted by molar-refractivity contribution is 5.25. The molecule has 3 saturated carbocycles. The molecule has 0 radical (unpaired) electrons. The van der Waals surface area contributed by atoms with E-state index in [1.54, 1.807) is 5.57 Å². The molecule has 1 nitrogen and oxygen atoms in total. The fourth-order valence-corrected chi connectivity index (χ4v) is 9.30. The topological polar surface area (TPSA) is 20.2 Å². The normalized spacial score (nSPS) is 45.3. The Kier molecular flexibility index (Phi) is 6.53. The van der Waals surface area contributed by atoms with Crippen LogP contribution in [0.5, 0.6) is 0 Å². The van der Waals surface area contributed by atoms with Gasteiger partial charge in [0.1, 0.15) is 0 Å². The van der Waals surface area contributed by atoms with Crippen LogP contribution in [0.3, 0.4) is 0 Å². The largest absolute Gasteiger partial charge is 0.393 e. The summed E-state index contributed by atoms with van der Waals surface area (Å²) in [5, 5.41) is 10.2. The average Bonchev–Trinajstić information content (AvgIpc) is 3.06. The molecule has 0 unspecified atom stereocenters. The molecule has 0 spiro atoms. The maximum atomic E-state index is 10.2. The lowest BCUT2D eigenvalue weighted by Crippen LogP contribution is -2.50. The Labute approximate surface area is 187 Å². The summed E-state index contributed by atoms with van der Waals surface area (Å²) in [7, 11) is 0. The zero-order valence-corrected chi connectivity index (χ0v) is 20.9. The van der Waals surface area contributed by atoms with Crippen molar-refractivity contribution < 1.29 is 5.11 Å². The van der Waals surface area contributed by atoms with Gasteiger partial charge in [0.15, 0.2) is 0 Å². The Morgan fingerprint density at radius 2 is 1.77 bits per heavy atom. The summed E-state index contributed by atoms with van der Waals surface area (Å²) in [6, 6.07) is 0. The lowest BCUT2D eigenvalue weighted by molar-refractivity contribution is -0.0575. The third-order valence-electron chi connectivity index (χ3n) is 11.3. The van der Waals surface area contributed by atoms with Gasteiger partial charge in [-0.2, -0.15) is 0 Å². The molecule has 1 heteroatoms. The zero-order chi connectivity index (χ0) is 21.7. The SMILES string of the molecule is CC[C@H](CC[C@H](C)[C@H]1CC[C@@H]2[C@@H]3CC=C4C[C@H](O)CC[C@@]4(C)[C@H]3CC[C@@]21C)C(C)C. The van der Waals surface area contributed by atoms with Crippen LogP contribution in [0.1, 0.15) is 112 Å². The number of rotatable bonds is 6. The van der Waals surface area contributed by atoms with Crippen molar-refractivity contribution >= 4 is 0 Å². The summed E-state index contributed by atoms with van der Waals surface area (Å²) in [6.07, 6.45) is 17.1. The molecule has 0 heterocycles. The van der Waals surface area contributed by atoms with E-state index in [-0.39, 0.29) is 6.10 Å². The van der Waals surface area contributed by atoms with Gasteiger partial charge in [-0.25, -0.2) is 0 Å². The molecule has 9 atom stereocenters. The molecule has 0 aromatic carbocycles. The van der Waals surface area contributed by atoms with E-state index in [9.17, 15) is 5.11 Å². The highest BCUT2D eigenvalue weighted by Crippen LogP contribution is 2.67. The summed E-state index contributed by atoms with van der Waals surface area (Å²) in [5.74, 6) is 6.31. The van der Waals surface area contributed by atoms with Gasteiger partial charge in [-0.15, -0.1) is 0 Å². The van der Waals surface area contributed by atoms with E-state index >= 15 is 0 Å². The standard InChI is InChI=1S/C29H50O/c1-7-21(19(2)3)9-8-20(4)25-12-13-26-24-11-10-22-18-23(30)14-16-28(22,5)27(24)15-17-29(25,26)6/h10,19-21,23-27,30H,7-9,11-18H2,1-6H3/t20-,21+,23+,24-,25+,26+,27-,28+,29+/m0/s1. The molecule has 4 aliphatic rings. The molecule has 0 amide bonds. The Morgan fingerprint density at radius 3 is 2.47 bits per heavy atom. The first-order valence-electron chi connectivity index (χ1n) is 13.6. The Morgan fingerprint density at radius 1 is 1.00 bits per heavy atom. The summed E-state index contributed by atoms with van der Waals surface area (Å²) in [5.41, 5.74) is 2.59. The van der Waals surface area contributed by atoms with Gasteiger partial charge in [0.05, 0.1) is 6.10 Å². The Bertz CT molecular complexity index is 634. The molecule has 0 bridgehead atoms. The van der Waals surface area contributed by atoms with E-state index in [1.807, 2.05) is 0 Å². The van der Waals surface area contributed by atoms with E-state index in [1.165, 1.54) is 57.8 Å². The van der Waals surface area contributed by atoms with E-state index in [0.717, 1.165) is 54.3 Å². The smallest absolute Gasteiger partial charge is 0.0577 e. The molecule has 3 fully saturated rings. The fourth-order valence-electron chi connectivity index (χ4n) is 9.30. The predicted octanol–water partition coefficient (Wildman–Crippen LogP) is 8.02. The minimum absolute atomic E-state index is 0.0794. The van der Waals surface area contributed by atoms with E-state index in [2.05, 4.69) is 47.6 Å². The van der Waals surface area contributed by atoms with E-state index in [0.29, 0.717) is 10.8 Å². The van der Waals surface area contributed by atoms with Crippen molar-refractivity contribution in [2.45, 2.75) is 118 Å². The number of hydrogen-bond donors (Lipinski definition) is 1. The molecule has 172 valence electrons. The molecular formula is C29H50O. The van der Waals surface area contributed by atoms with Crippen molar-refractivity contribution in [2.24, 2.45) is 52.3 Å². The number of fused-ring (bicyclic) bond motifs is 5. The van der Waals surface area contributed by atoms with Crippen LogP contribution in [0, 0.1) is 52.3 Å². The van der Waals surface area contributed by atoms with Crippen LogP contribution in [-0.2, 0) is 0 Å². The number of hydrogen-bond acceptors (Lipinski definition) is 1. The lowest BCUT2D eigenvalue weighted by atomic mass is 9.47. The molecule has 4 rings (SSSR count). The first-order valence-corrected chi connectivity index (χ1v) is 13.6. The van der Waals surface area contributed by atoms with Crippen molar-refractivity contribution in [3.05, 3.63) is 11.6 Å². The van der Waals surface area contributed by atoms with Gasteiger partial charge in [0.2, 0.25) is 0 Å². The molecule has 1 N–H and O–H groups in total. The van der Waals surface area contributed by atoms with Crippen molar-refractivity contribution in [2.75, 3.05) is 0 Å². The lowest BCUT2D eigenvalue weighted by Gasteiger charge is -2.58. The van der Waals surface area contributed by atoms with Crippen molar-refractivity contribution in [1.82, 2.24) is 0 Å². The van der Waals surface area contributed by atoms with Crippen LogP contribution >= 0.6 is 0 Å². The number of allylic oxidation sites excluding steroid dienone is 1. The zero-order valence-electron chi connectivity index (χ0n) is 20.9. The van der Waals surface area contributed by atoms with Gasteiger partial charge in [-0.3, -0.25) is 0 Å². The van der Waals surface area contributed by atoms with E-state index in [4.69, 9.17) is 0 Å². The maximum Gasteiger partial charge on any atom is 0.0577 e. The second kappa shape index (κ2) is 8.57. The summed E-state index contributed by atoms with van der Waals surface area (Å²) < 4.78 is 0. The molecule has 0 saturated heterocycles. The second-order valence-electron chi connectivity index (χ2n) is 12.9. The van der Waals surface area contributed by atoms with Crippen LogP contribution < -0.4 is 0 Å². The van der Waals surface area contributed by atoms with Gasteiger partial charge in [-0.05, 0) is 110 Å². The third-order valence-corrected chi connectivity index (χ3v) is 11.3. The van der Waals surface area contributed by atoms with E-state index < -0.39 is 0 Å². The Balaban J connectivity index is 1.47. The second-order valence-corrected chi connectivity index (χ2v) is 12.9. The van der Waals surface area contributed by atoms with Gasteiger partial charge >= 0.3 is 0 Å². The minimum Gasteiger partial charge on any atom is -0.393 e. The maximum absolute atomic E-state index is 10.2. The quantitative estimate of drug-likeness (QED) is 0.436. The third kappa shape index (κ3) is 3.74. The van der Waals surface area contributed by atoms with Gasteiger partial charge < -0.3 is 5.11 Å². The minimum atomic E-state index is -0.0794. The van der Waals surface area contributed by atoms with Gasteiger partial charge in [-0.1, -0.05) is 66.0 Å². The number of aliphatic hydroxyl groups excluding tert-OH is 1. The molecule has 0 aromatic rings. The van der Waals surface area contributed by atoms with Crippen LogP contribution in [0.2, 0.25) is 0 Å². The van der Waals surface area contributed by atoms with Gasteiger partial charge in [0, 0.05) is 0 Å². The highest BCUT2D eigenvalue weighted by Gasteiger charge is 2.59. The monoisotopic (exact) mass is 414 g/mol. The van der Waals surface area contributed by atoms with Crippen LogP contribution in [0.15, 0.2) is 11.6 Å². The molecular weight excluding hydrogens is 364 g/mol. The Hall–Kier alpha value is -0.300. The molecule has 0 aliphatic heterocycles. The van der Waals surface area contributed by atoms with Crippen LogP contribution in [0.25, 0.3) is 0 Å². The van der Waals surface area contributed by atoms with Crippen molar-refractivity contribution in [1.29, 1.82) is 0 Å². The molecule has 0 aromatic heterocycles. The summed E-state index contributed by atoms with van der Waals surface area (Å²) >= 11 is 0. The summed E-state index contributed by atoms with van der Waals surface area (Å²) in [6.45, 7) is 15.1. The average molecular weight is 415 g/mol. The predicted molar refractivity (Wildman–Crippen MR) is 128 cm³/mol. The molecule has 4 aliphatic carbocycles. The first-order chi connectivity index (χ1) is 14.2. The molecule has 30 heavy (non-hydrogen) atoms. The van der Waals surface area contributed by atoms with Crippen molar-refractivity contribution in [3.8, 4) is 0 Å². The highest BCUT2D eigenvalue weighted by atomic mass is 16.3. The van der Waals surface area contributed by atoms with Crippen molar-refractivity contribution in [3.63, 3.8) is 0 Å². The van der Waals surface area contributed by atoms with Crippen LogP contribution in [0.4, 0.5) is 0 Å². The first kappa shape index (κ1) is 22.9.